The van der Waals surface area contributed by atoms with Crippen LogP contribution in [-0.4, -0.2) is 96.7 Å². The van der Waals surface area contributed by atoms with Gasteiger partial charge in [-0.3, -0.25) is 37.3 Å². The van der Waals surface area contributed by atoms with Crippen LogP contribution in [0.5, 0.6) is 0 Å². The number of aliphatic hydroxyl groups is 1. The smallest absolute Gasteiger partial charge is 0.462 e. The number of unbranched alkanes of at least 4 members (excludes halogenated alkanes) is 52. The minimum absolute atomic E-state index is 0.108. The molecule has 3 N–H and O–H groups in total. The van der Waals surface area contributed by atoms with Gasteiger partial charge in [-0.2, -0.15) is 0 Å². The van der Waals surface area contributed by atoms with E-state index < -0.39 is 97.5 Å². The van der Waals surface area contributed by atoms with Gasteiger partial charge in [0.05, 0.1) is 26.4 Å². The van der Waals surface area contributed by atoms with Crippen molar-refractivity contribution in [3.8, 4) is 0 Å². The summed E-state index contributed by atoms with van der Waals surface area (Å²) in [7, 11) is -9.91. The van der Waals surface area contributed by atoms with E-state index in [1.807, 2.05) is 0 Å². The molecule has 0 saturated carbocycles. The summed E-state index contributed by atoms with van der Waals surface area (Å²) in [5.74, 6) is -1.38. The average Bonchev–Trinajstić information content (AvgIpc) is 2.56. The van der Waals surface area contributed by atoms with Crippen LogP contribution in [0.2, 0.25) is 0 Å². The van der Waals surface area contributed by atoms with Gasteiger partial charge in [-0.15, -0.1) is 0 Å². The summed E-state index contributed by atoms with van der Waals surface area (Å²) < 4.78 is 68.7. The highest BCUT2D eigenvalue weighted by molar-refractivity contribution is 7.47. The van der Waals surface area contributed by atoms with Crippen molar-refractivity contribution in [3.63, 3.8) is 0 Å². The fourth-order valence-corrected chi connectivity index (χ4v) is 14.0. The molecule has 0 aliphatic carbocycles. The molecule has 0 radical (unpaired) electrons. The molecule has 0 aromatic carbocycles. The van der Waals surface area contributed by atoms with Crippen molar-refractivity contribution in [1.29, 1.82) is 0 Å². The molecular weight excluding hydrogens is 1290 g/mol. The van der Waals surface area contributed by atoms with Crippen molar-refractivity contribution in [2.45, 2.75) is 445 Å². The van der Waals surface area contributed by atoms with Crippen molar-refractivity contribution in [2.24, 2.45) is 5.92 Å². The quantitative estimate of drug-likeness (QED) is 0.0222. The Hall–Kier alpha value is -1.94. The van der Waals surface area contributed by atoms with Gasteiger partial charge in [0.2, 0.25) is 0 Å². The lowest BCUT2D eigenvalue weighted by Crippen LogP contribution is -2.30. The van der Waals surface area contributed by atoms with Gasteiger partial charge in [-0.1, -0.05) is 375 Å². The Labute approximate surface area is 607 Å². The molecule has 0 aliphatic heterocycles. The van der Waals surface area contributed by atoms with Crippen LogP contribution < -0.4 is 0 Å². The fourth-order valence-electron chi connectivity index (χ4n) is 12.4. The van der Waals surface area contributed by atoms with Crippen molar-refractivity contribution >= 4 is 39.5 Å². The van der Waals surface area contributed by atoms with Crippen molar-refractivity contribution in [1.82, 2.24) is 0 Å². The molecule has 17 nitrogen and oxygen atoms in total. The maximum absolute atomic E-state index is 13.1. The third-order valence-electron chi connectivity index (χ3n) is 18.8. The fraction of sp³-hybridized carbons (Fsp3) is 0.950. The summed E-state index contributed by atoms with van der Waals surface area (Å²) in [6, 6.07) is 0. The van der Waals surface area contributed by atoms with Crippen LogP contribution in [0.1, 0.15) is 426 Å². The van der Waals surface area contributed by atoms with Gasteiger partial charge in [0.25, 0.3) is 0 Å². The number of esters is 4. The second-order valence-electron chi connectivity index (χ2n) is 29.3. The first-order valence-corrected chi connectivity index (χ1v) is 44.6. The van der Waals surface area contributed by atoms with Gasteiger partial charge in [0.1, 0.15) is 19.3 Å². The van der Waals surface area contributed by atoms with Gasteiger partial charge in [0.15, 0.2) is 12.2 Å². The standard InChI is InChI=1S/C80H156O17P2/c1-6-9-12-15-18-21-24-27-28-29-30-31-32-33-34-35-38-41-44-51-56-61-66-80(85)96-75(69-90-77(82)63-58-53-48-42-39-36-25-22-19-16-13-10-7-2)71-94-98(86,87)92-67-74(81)68-93-99(88,89)95-72-76(70-91-78(83)64-59-54-49-46-45-47-52-57-62-73(4)5)97-79(84)65-60-55-50-43-40-37-26-23-20-17-14-11-8-3/h73-76,81H,6-72H2,1-5H3,(H,86,87)(H,88,89)/t74-,75-,76-/m1/s1. The number of carbonyl (C=O) groups is 4. The van der Waals surface area contributed by atoms with Gasteiger partial charge in [-0.25, -0.2) is 9.13 Å². The molecule has 19 heteroatoms. The largest absolute Gasteiger partial charge is 0.472 e. The van der Waals surface area contributed by atoms with Crippen LogP contribution in [-0.2, 0) is 65.4 Å². The minimum Gasteiger partial charge on any atom is -0.462 e. The number of phosphoric acid groups is 2. The molecular formula is C80H156O17P2. The predicted octanol–water partition coefficient (Wildman–Crippen LogP) is 24.0. The van der Waals surface area contributed by atoms with E-state index in [9.17, 15) is 43.2 Å². The number of ether oxygens (including phenoxy) is 4. The molecule has 0 saturated heterocycles. The average molecular weight is 1450 g/mol. The highest BCUT2D eigenvalue weighted by Crippen LogP contribution is 2.45. The van der Waals surface area contributed by atoms with E-state index in [4.69, 9.17) is 37.0 Å². The molecule has 588 valence electrons. The van der Waals surface area contributed by atoms with E-state index in [-0.39, 0.29) is 25.7 Å². The van der Waals surface area contributed by atoms with E-state index in [0.29, 0.717) is 25.7 Å². The lowest BCUT2D eigenvalue weighted by atomic mass is 10.0. The monoisotopic (exact) mass is 1450 g/mol. The van der Waals surface area contributed by atoms with E-state index in [0.717, 1.165) is 95.8 Å². The normalized spacial score (nSPS) is 13.9. The lowest BCUT2D eigenvalue weighted by molar-refractivity contribution is -0.161. The Morgan fingerprint density at radius 1 is 0.273 bits per heavy atom. The first-order valence-electron chi connectivity index (χ1n) is 41.6. The first-order chi connectivity index (χ1) is 48.0. The number of aliphatic hydroxyl groups excluding tert-OH is 1. The van der Waals surface area contributed by atoms with E-state index >= 15 is 0 Å². The van der Waals surface area contributed by atoms with Crippen molar-refractivity contribution < 1.29 is 80.2 Å². The Kier molecular flexibility index (Phi) is 71.6. The van der Waals surface area contributed by atoms with Crippen molar-refractivity contribution in [2.75, 3.05) is 39.6 Å². The van der Waals surface area contributed by atoms with Crippen LogP contribution >= 0.6 is 15.6 Å². The molecule has 0 fully saturated rings. The highest BCUT2D eigenvalue weighted by atomic mass is 31.2. The molecule has 0 aromatic heterocycles. The number of hydrogen-bond donors (Lipinski definition) is 3. The Morgan fingerprint density at radius 3 is 0.687 bits per heavy atom. The maximum atomic E-state index is 13.1. The Balaban J connectivity index is 5.20. The van der Waals surface area contributed by atoms with Crippen LogP contribution in [0.15, 0.2) is 0 Å². The van der Waals surface area contributed by atoms with Crippen LogP contribution in [0.3, 0.4) is 0 Å². The summed E-state index contributed by atoms with van der Waals surface area (Å²) in [6.45, 7) is 7.28. The number of hydrogen-bond acceptors (Lipinski definition) is 15. The summed E-state index contributed by atoms with van der Waals surface area (Å²) in [5, 5.41) is 10.6. The summed E-state index contributed by atoms with van der Waals surface area (Å²) in [5.41, 5.74) is 0. The third-order valence-corrected chi connectivity index (χ3v) is 20.7. The zero-order valence-corrected chi connectivity index (χ0v) is 66.4. The topological polar surface area (TPSA) is 237 Å². The molecule has 0 aromatic rings. The summed E-state index contributed by atoms with van der Waals surface area (Å²) in [6.07, 6.45) is 63.9. The molecule has 0 rings (SSSR count). The van der Waals surface area contributed by atoms with Crippen molar-refractivity contribution in [3.05, 3.63) is 0 Å². The maximum Gasteiger partial charge on any atom is 0.472 e. The highest BCUT2D eigenvalue weighted by Gasteiger charge is 2.30. The zero-order valence-electron chi connectivity index (χ0n) is 64.6. The molecule has 0 amide bonds. The SMILES string of the molecule is CCCCCCCCCCCCCCCCCCCCCCCCC(=O)O[C@H](COC(=O)CCCCCCCCCCCCCCC)COP(=O)(O)OC[C@@H](O)COP(=O)(O)OC[C@@H](COC(=O)CCCCCCCCCCC(C)C)OC(=O)CCCCCCCCCCCCCCC. The molecule has 99 heavy (non-hydrogen) atoms. The zero-order chi connectivity index (χ0) is 72.7. The Bertz CT molecular complexity index is 1890. The van der Waals surface area contributed by atoms with E-state index in [1.54, 1.807) is 0 Å². The van der Waals surface area contributed by atoms with Crippen LogP contribution in [0.25, 0.3) is 0 Å². The van der Waals surface area contributed by atoms with Gasteiger partial charge >= 0.3 is 39.5 Å². The summed E-state index contributed by atoms with van der Waals surface area (Å²) in [4.78, 5) is 72.9. The first kappa shape index (κ1) is 97.1. The number of phosphoric ester groups is 2. The van der Waals surface area contributed by atoms with Gasteiger partial charge < -0.3 is 33.8 Å². The summed E-state index contributed by atoms with van der Waals surface area (Å²) >= 11 is 0. The molecule has 0 spiro atoms. The van der Waals surface area contributed by atoms with Gasteiger partial charge in [-0.05, 0) is 31.6 Å². The van der Waals surface area contributed by atoms with E-state index in [1.165, 1.54) is 250 Å². The minimum atomic E-state index is -4.96. The molecule has 5 atom stereocenters. The molecule has 0 bridgehead atoms. The van der Waals surface area contributed by atoms with E-state index in [2.05, 4.69) is 34.6 Å². The third kappa shape index (κ3) is 74.1. The van der Waals surface area contributed by atoms with Crippen LogP contribution in [0, 0.1) is 5.92 Å². The molecule has 2 unspecified atom stereocenters. The predicted molar refractivity (Wildman–Crippen MR) is 405 cm³/mol. The van der Waals surface area contributed by atoms with Gasteiger partial charge in [0, 0.05) is 25.7 Å². The number of carbonyl (C=O) groups excluding carboxylic acids is 4. The molecule has 0 aliphatic rings. The lowest BCUT2D eigenvalue weighted by Gasteiger charge is -2.21. The molecule has 0 heterocycles. The Morgan fingerprint density at radius 2 is 0.465 bits per heavy atom. The second-order valence-corrected chi connectivity index (χ2v) is 32.2. The second kappa shape index (κ2) is 73.0. The van der Waals surface area contributed by atoms with Crippen LogP contribution in [0.4, 0.5) is 0 Å². The number of rotatable bonds is 80.